The summed E-state index contributed by atoms with van der Waals surface area (Å²) in [5.74, 6) is 0.518. The minimum atomic E-state index is -1.55. The van der Waals surface area contributed by atoms with E-state index in [-0.39, 0.29) is 6.54 Å². The van der Waals surface area contributed by atoms with Gasteiger partial charge in [-0.15, -0.1) is 0 Å². The predicted octanol–water partition coefficient (Wildman–Crippen LogP) is -5.65. The van der Waals surface area contributed by atoms with E-state index in [0.717, 1.165) is 0 Å². The molecule has 17 nitrogen and oxygen atoms in total. The average Bonchev–Trinajstić information content (AvgIpc) is 3.49. The minimum Gasteiger partial charge on any atom is -0.468 e. The molecule has 242 valence electrons. The van der Waals surface area contributed by atoms with Crippen LogP contribution in [0.25, 0.3) is 0 Å². The van der Waals surface area contributed by atoms with E-state index in [1.54, 1.807) is 31.1 Å². The molecule has 4 rings (SSSR count). The van der Waals surface area contributed by atoms with Gasteiger partial charge >= 0.3 is 0 Å². The van der Waals surface area contributed by atoms with E-state index < -0.39 is 112 Å². The predicted molar refractivity (Wildman–Crippen MR) is 138 cm³/mol. The first-order chi connectivity index (χ1) is 20.0. The fourth-order valence-corrected chi connectivity index (χ4v) is 5.51. The van der Waals surface area contributed by atoms with Crippen molar-refractivity contribution in [2.75, 3.05) is 33.9 Å². The summed E-state index contributed by atoms with van der Waals surface area (Å²) < 4.78 is 34.4. The molecule has 1 aromatic rings. The average molecular weight is 610 g/mol. The molecule has 1 aromatic heterocycles. The van der Waals surface area contributed by atoms with E-state index in [9.17, 15) is 40.9 Å². The van der Waals surface area contributed by atoms with Crippen molar-refractivity contribution in [3.8, 4) is 0 Å². The van der Waals surface area contributed by atoms with Crippen molar-refractivity contribution in [3.05, 3.63) is 24.2 Å². The number of ether oxygens (including phenoxy) is 5. The monoisotopic (exact) mass is 609 g/mol. The molecule has 2 unspecified atom stereocenters. The molecule has 11 N–H and O–H groups in total. The molecule has 42 heavy (non-hydrogen) atoms. The highest BCUT2D eigenvalue weighted by molar-refractivity contribution is 5.02. The third-order valence-corrected chi connectivity index (χ3v) is 7.89. The molecule has 3 aliphatic rings. The lowest BCUT2D eigenvalue weighted by Crippen LogP contribution is -2.70. The van der Waals surface area contributed by atoms with Crippen molar-refractivity contribution < 1.29 is 69.0 Å². The zero-order chi connectivity index (χ0) is 30.7. The number of likely N-dealkylation sites (N-methyl/N-ethyl adjacent to an activating group) is 1. The van der Waals surface area contributed by atoms with Gasteiger partial charge in [0.05, 0.1) is 50.8 Å². The Balaban J connectivity index is 1.55. The number of nitrogens with zero attached hydrogens (tertiary/aromatic N) is 1. The minimum absolute atomic E-state index is 0.118. The lowest BCUT2D eigenvalue weighted by molar-refractivity contribution is -0.358. The van der Waals surface area contributed by atoms with Gasteiger partial charge in [0.25, 0.3) is 0 Å². The first kappa shape index (κ1) is 33.5. The molecule has 0 aromatic carbocycles. The molecule has 3 saturated heterocycles. The van der Waals surface area contributed by atoms with Crippen LogP contribution in [0.3, 0.4) is 0 Å². The summed E-state index contributed by atoms with van der Waals surface area (Å²) in [4.78, 5) is 1.56. The molecule has 15 atom stereocenters. The first-order valence-corrected chi connectivity index (χ1v) is 13.7. The number of nitrogens with two attached hydrogens (primary N) is 1. The van der Waals surface area contributed by atoms with Gasteiger partial charge in [-0.25, -0.2) is 0 Å². The Kier molecular flexibility index (Phi) is 11.7. The second-order valence-electron chi connectivity index (χ2n) is 10.9. The standard InChI is InChI=1S/C25H43N3O14/c1-28(2)16-20(35)22(13(9-31)40-25(16)42-21-12(8-30)38-23(36)14(26)18(21)33)41-24-15(27-6-10-4-3-5-37-10)19(34)17(32)11(7-29)39-24/h3-5,11-25,27,29-36H,6-9,26H2,1-2H3/t11-,12-,13-,14-,15-,16-,17-,18-,19-,20-,21?,22?,23-,24+,25+/m1/s1. The molecule has 0 saturated carbocycles. The van der Waals surface area contributed by atoms with Crippen LogP contribution in [0.4, 0.5) is 0 Å². The van der Waals surface area contributed by atoms with Gasteiger partial charge in [-0.1, -0.05) is 0 Å². The number of aliphatic hydroxyl groups is 8. The van der Waals surface area contributed by atoms with Crippen molar-refractivity contribution in [2.45, 2.75) is 98.5 Å². The molecular formula is C25H43N3O14. The van der Waals surface area contributed by atoms with Crippen LogP contribution < -0.4 is 11.1 Å². The summed E-state index contributed by atoms with van der Waals surface area (Å²) in [5, 5.41) is 86.2. The summed E-state index contributed by atoms with van der Waals surface area (Å²) in [5.41, 5.74) is 5.82. The third kappa shape index (κ3) is 6.97. The zero-order valence-corrected chi connectivity index (χ0v) is 23.3. The SMILES string of the molecule is CN(C)[C@H]1[C@H](OC2[C@@H](CO)O[C@@H](O)[C@H](N)[C@H]2O)O[C@H](CO)C(O[C@@H]2O[C@H](CO)[C@@H](O)[C@H](O)[C@H]2NCc2ccco2)[C@@H]1O. The maximum Gasteiger partial charge on any atom is 0.176 e. The summed E-state index contributed by atoms with van der Waals surface area (Å²) in [7, 11) is 3.23. The fourth-order valence-electron chi connectivity index (χ4n) is 5.51. The maximum atomic E-state index is 11.5. The van der Waals surface area contributed by atoms with Gasteiger partial charge in [0.2, 0.25) is 0 Å². The summed E-state index contributed by atoms with van der Waals surface area (Å²) in [6.45, 7) is -1.82. The maximum absolute atomic E-state index is 11.5. The van der Waals surface area contributed by atoms with Crippen molar-refractivity contribution in [1.29, 1.82) is 0 Å². The van der Waals surface area contributed by atoms with Gasteiger partial charge < -0.3 is 80.0 Å². The lowest BCUT2D eigenvalue weighted by Gasteiger charge is -2.51. The number of nitrogens with one attached hydrogen (secondary N) is 1. The first-order valence-electron chi connectivity index (χ1n) is 13.7. The summed E-state index contributed by atoms with van der Waals surface area (Å²) in [6, 6.07) is 0.0450. The quantitative estimate of drug-likeness (QED) is 0.112. The third-order valence-electron chi connectivity index (χ3n) is 7.89. The molecule has 0 bridgehead atoms. The Morgan fingerprint density at radius 3 is 2.00 bits per heavy atom. The summed E-state index contributed by atoms with van der Waals surface area (Å²) >= 11 is 0. The molecule has 0 spiro atoms. The Bertz CT molecular complexity index is 943. The molecule has 3 fully saturated rings. The van der Waals surface area contributed by atoms with Crippen LogP contribution in [0.1, 0.15) is 5.76 Å². The Labute approximate surface area is 241 Å². The van der Waals surface area contributed by atoms with Crippen LogP contribution in [-0.2, 0) is 30.2 Å². The van der Waals surface area contributed by atoms with Gasteiger partial charge in [-0.2, -0.15) is 0 Å². The fraction of sp³-hybridized carbons (Fsp3) is 0.840. The second-order valence-corrected chi connectivity index (χ2v) is 10.9. The van der Waals surface area contributed by atoms with E-state index >= 15 is 0 Å². The molecule has 17 heteroatoms. The highest BCUT2D eigenvalue weighted by Crippen LogP contribution is 2.33. The zero-order valence-electron chi connectivity index (χ0n) is 23.3. The Morgan fingerprint density at radius 1 is 0.810 bits per heavy atom. The van der Waals surface area contributed by atoms with E-state index in [4.69, 9.17) is 33.8 Å². The Morgan fingerprint density at radius 2 is 1.40 bits per heavy atom. The molecular weight excluding hydrogens is 566 g/mol. The number of furan rings is 1. The van der Waals surface area contributed by atoms with Crippen LogP contribution in [0, 0.1) is 0 Å². The molecule has 0 aliphatic carbocycles. The van der Waals surface area contributed by atoms with Crippen LogP contribution >= 0.6 is 0 Å². The van der Waals surface area contributed by atoms with Gasteiger partial charge in [-0.3, -0.25) is 4.90 Å². The van der Waals surface area contributed by atoms with Gasteiger partial charge in [0.15, 0.2) is 18.9 Å². The normalized spacial score (nSPS) is 44.9. The van der Waals surface area contributed by atoms with Gasteiger partial charge in [-0.05, 0) is 26.2 Å². The van der Waals surface area contributed by atoms with E-state index in [1.807, 2.05) is 0 Å². The van der Waals surface area contributed by atoms with Crippen LogP contribution in [0.5, 0.6) is 0 Å². The molecule has 0 amide bonds. The number of hydrogen-bond donors (Lipinski definition) is 10. The van der Waals surface area contributed by atoms with E-state index in [1.165, 1.54) is 6.26 Å². The summed E-state index contributed by atoms with van der Waals surface area (Å²) in [6.07, 6.45) is -14.8. The topological polar surface area (TPSA) is 262 Å². The van der Waals surface area contributed by atoms with Crippen LogP contribution in [-0.4, -0.2) is 172 Å². The lowest BCUT2D eigenvalue weighted by atomic mass is 9.93. The van der Waals surface area contributed by atoms with Crippen molar-refractivity contribution in [3.63, 3.8) is 0 Å². The van der Waals surface area contributed by atoms with E-state index in [0.29, 0.717) is 5.76 Å². The molecule has 4 heterocycles. The molecule has 3 aliphatic heterocycles. The van der Waals surface area contributed by atoms with Crippen molar-refractivity contribution >= 4 is 0 Å². The van der Waals surface area contributed by atoms with Crippen LogP contribution in [0.15, 0.2) is 22.8 Å². The number of aliphatic hydroxyl groups excluding tert-OH is 8. The van der Waals surface area contributed by atoms with Gasteiger partial charge in [0, 0.05) is 0 Å². The second kappa shape index (κ2) is 14.6. The van der Waals surface area contributed by atoms with E-state index in [2.05, 4.69) is 5.32 Å². The Hall–Kier alpha value is -1.36. The van der Waals surface area contributed by atoms with Crippen LogP contribution in [0.2, 0.25) is 0 Å². The van der Waals surface area contributed by atoms with Gasteiger partial charge in [0.1, 0.15) is 60.7 Å². The van der Waals surface area contributed by atoms with Crippen molar-refractivity contribution in [2.24, 2.45) is 5.73 Å². The smallest absolute Gasteiger partial charge is 0.176 e. The van der Waals surface area contributed by atoms with Crippen molar-refractivity contribution in [1.82, 2.24) is 10.2 Å². The highest BCUT2D eigenvalue weighted by atomic mass is 16.7. The molecule has 0 radical (unpaired) electrons. The number of rotatable bonds is 11. The highest BCUT2D eigenvalue weighted by Gasteiger charge is 2.54. The number of hydrogen-bond acceptors (Lipinski definition) is 17. The largest absolute Gasteiger partial charge is 0.468 e.